The fourth-order valence-electron chi connectivity index (χ4n) is 3.08. The van der Waals surface area contributed by atoms with Crippen molar-refractivity contribution in [2.24, 2.45) is 0 Å². The molecule has 0 fully saturated rings. The van der Waals surface area contributed by atoms with Gasteiger partial charge in [-0.25, -0.2) is 19.0 Å². The van der Waals surface area contributed by atoms with Crippen LogP contribution in [0.2, 0.25) is 0 Å². The molecule has 3 heterocycles. The van der Waals surface area contributed by atoms with E-state index in [4.69, 9.17) is 4.74 Å². The quantitative estimate of drug-likeness (QED) is 0.499. The molecule has 0 aliphatic rings. The predicted octanol–water partition coefficient (Wildman–Crippen LogP) is 4.35. The monoisotopic (exact) mass is 423 g/mol. The molecule has 0 aliphatic carbocycles. The van der Waals surface area contributed by atoms with E-state index >= 15 is 0 Å². The molecule has 1 N–H and O–H groups in total. The van der Waals surface area contributed by atoms with Crippen molar-refractivity contribution in [3.05, 3.63) is 71.2 Å². The van der Waals surface area contributed by atoms with Crippen molar-refractivity contribution in [2.75, 3.05) is 12.4 Å². The molecule has 0 bridgehead atoms. The Hall–Kier alpha value is -3.59. The van der Waals surface area contributed by atoms with Gasteiger partial charge in [-0.1, -0.05) is 13.0 Å². The highest BCUT2D eigenvalue weighted by Crippen LogP contribution is 2.33. The van der Waals surface area contributed by atoms with Gasteiger partial charge in [-0.05, 0) is 36.8 Å². The molecular weight excluding hydrogens is 405 g/mol. The Labute approximate surface area is 176 Å². The molecule has 1 amide bonds. The molecule has 0 radical (unpaired) electrons. The van der Waals surface area contributed by atoms with Crippen LogP contribution in [0, 0.1) is 5.82 Å². The summed E-state index contributed by atoms with van der Waals surface area (Å²) in [6.45, 7) is 1.95. The van der Waals surface area contributed by atoms with Gasteiger partial charge in [0.25, 0.3) is 5.91 Å². The summed E-state index contributed by atoms with van der Waals surface area (Å²) >= 11 is 1.25. The summed E-state index contributed by atoms with van der Waals surface area (Å²) in [7, 11) is 1.51. The van der Waals surface area contributed by atoms with Crippen molar-refractivity contribution in [2.45, 2.75) is 13.3 Å². The maximum absolute atomic E-state index is 13.7. The van der Waals surface area contributed by atoms with Crippen LogP contribution in [-0.2, 0) is 6.42 Å². The summed E-state index contributed by atoms with van der Waals surface area (Å²) in [6.07, 6.45) is 3.80. The molecule has 152 valence electrons. The highest BCUT2D eigenvalue weighted by molar-refractivity contribution is 7.14. The minimum atomic E-state index is -0.390. The van der Waals surface area contributed by atoms with Crippen LogP contribution in [0.4, 0.5) is 9.52 Å². The SMILES string of the molecule is CCc1c(C(=O)Nc2nc(-c3cc(F)ccc3OC)cs2)cnn1-c1ccccn1. The number of benzene rings is 1. The smallest absolute Gasteiger partial charge is 0.260 e. The standard InChI is InChI=1S/C21H18FN5O2S/c1-3-17-15(11-24-27(17)19-6-4-5-9-23-19)20(28)26-21-25-16(12-30-21)14-10-13(22)7-8-18(14)29-2/h4-12H,3H2,1-2H3,(H,25,26,28). The van der Waals surface area contributed by atoms with Gasteiger partial charge in [0.2, 0.25) is 0 Å². The number of ether oxygens (including phenoxy) is 1. The molecule has 0 spiro atoms. The summed E-state index contributed by atoms with van der Waals surface area (Å²) in [4.78, 5) is 21.6. The molecule has 7 nitrogen and oxygen atoms in total. The van der Waals surface area contributed by atoms with Crippen LogP contribution < -0.4 is 10.1 Å². The number of aromatic nitrogens is 4. The maximum Gasteiger partial charge on any atom is 0.260 e. The van der Waals surface area contributed by atoms with Crippen molar-refractivity contribution >= 4 is 22.4 Å². The van der Waals surface area contributed by atoms with Gasteiger partial charge in [-0.3, -0.25) is 10.1 Å². The zero-order valence-electron chi connectivity index (χ0n) is 16.3. The molecule has 0 saturated heterocycles. The molecule has 3 aromatic heterocycles. The first-order valence-electron chi connectivity index (χ1n) is 9.19. The summed E-state index contributed by atoms with van der Waals surface area (Å²) in [5, 5.41) is 9.26. The van der Waals surface area contributed by atoms with Crippen molar-refractivity contribution in [3.63, 3.8) is 0 Å². The highest BCUT2D eigenvalue weighted by Gasteiger charge is 2.19. The van der Waals surface area contributed by atoms with E-state index in [9.17, 15) is 9.18 Å². The number of carbonyl (C=O) groups is 1. The van der Waals surface area contributed by atoms with Crippen LogP contribution in [0.15, 0.2) is 54.2 Å². The van der Waals surface area contributed by atoms with E-state index in [0.29, 0.717) is 39.9 Å². The molecule has 30 heavy (non-hydrogen) atoms. The van der Waals surface area contributed by atoms with Crippen molar-refractivity contribution < 1.29 is 13.9 Å². The normalized spacial score (nSPS) is 10.8. The van der Waals surface area contributed by atoms with Crippen LogP contribution in [0.1, 0.15) is 23.0 Å². The minimum Gasteiger partial charge on any atom is -0.496 e. The van der Waals surface area contributed by atoms with Gasteiger partial charge >= 0.3 is 0 Å². The third-order valence-electron chi connectivity index (χ3n) is 4.48. The summed E-state index contributed by atoms with van der Waals surface area (Å²) in [5.41, 5.74) is 2.23. The number of methoxy groups -OCH3 is 1. The topological polar surface area (TPSA) is 81.9 Å². The molecule has 4 rings (SSSR count). The van der Waals surface area contributed by atoms with Gasteiger partial charge in [0.05, 0.1) is 30.3 Å². The van der Waals surface area contributed by atoms with Crippen molar-refractivity contribution in [3.8, 4) is 22.8 Å². The third-order valence-corrected chi connectivity index (χ3v) is 5.23. The van der Waals surface area contributed by atoms with Crippen LogP contribution in [0.25, 0.3) is 17.1 Å². The first kappa shape index (κ1) is 19.7. The first-order valence-corrected chi connectivity index (χ1v) is 10.1. The second-order valence-corrected chi connectivity index (χ2v) is 7.15. The number of amides is 1. The Bertz CT molecular complexity index is 1190. The van der Waals surface area contributed by atoms with Gasteiger partial charge in [0.1, 0.15) is 11.6 Å². The van der Waals surface area contributed by atoms with E-state index in [1.54, 1.807) is 22.3 Å². The largest absolute Gasteiger partial charge is 0.496 e. The zero-order chi connectivity index (χ0) is 21.1. The third kappa shape index (κ3) is 3.79. The predicted molar refractivity (Wildman–Crippen MR) is 113 cm³/mol. The van der Waals surface area contributed by atoms with E-state index in [1.165, 1.54) is 36.8 Å². The Kier molecular flexibility index (Phi) is 5.53. The number of hydrogen-bond donors (Lipinski definition) is 1. The molecule has 0 saturated carbocycles. The summed E-state index contributed by atoms with van der Waals surface area (Å²) in [5.74, 6) is 0.438. The van der Waals surface area contributed by atoms with Crippen LogP contribution >= 0.6 is 11.3 Å². The number of thiazole rings is 1. The highest BCUT2D eigenvalue weighted by atomic mass is 32.1. The Morgan fingerprint density at radius 1 is 1.30 bits per heavy atom. The Morgan fingerprint density at radius 3 is 2.90 bits per heavy atom. The average Bonchev–Trinajstić information content (AvgIpc) is 3.41. The fourth-order valence-corrected chi connectivity index (χ4v) is 3.79. The number of pyridine rings is 1. The molecular formula is C21H18FN5O2S. The van der Waals surface area contributed by atoms with Gasteiger partial charge in [-0.2, -0.15) is 5.10 Å². The first-order chi connectivity index (χ1) is 14.6. The molecule has 0 aliphatic heterocycles. The maximum atomic E-state index is 13.7. The van der Waals surface area contributed by atoms with E-state index in [1.807, 2.05) is 25.1 Å². The van der Waals surface area contributed by atoms with Gasteiger partial charge in [0, 0.05) is 17.1 Å². The summed E-state index contributed by atoms with van der Waals surface area (Å²) in [6, 6.07) is 9.73. The Balaban J connectivity index is 1.59. The number of anilines is 1. The average molecular weight is 423 g/mol. The lowest BCUT2D eigenvalue weighted by Gasteiger charge is -2.07. The lowest BCUT2D eigenvalue weighted by atomic mass is 10.1. The number of nitrogens with zero attached hydrogens (tertiary/aromatic N) is 4. The van der Waals surface area contributed by atoms with Crippen LogP contribution in [0.3, 0.4) is 0 Å². The van der Waals surface area contributed by atoms with Crippen molar-refractivity contribution in [1.82, 2.24) is 19.7 Å². The van der Waals surface area contributed by atoms with E-state index in [2.05, 4.69) is 20.4 Å². The molecule has 0 atom stereocenters. The number of rotatable bonds is 6. The van der Waals surface area contributed by atoms with E-state index in [-0.39, 0.29) is 11.7 Å². The second-order valence-electron chi connectivity index (χ2n) is 6.29. The number of nitrogens with one attached hydrogen (secondary N) is 1. The zero-order valence-corrected chi connectivity index (χ0v) is 17.1. The van der Waals surface area contributed by atoms with Gasteiger partial charge in [-0.15, -0.1) is 11.3 Å². The van der Waals surface area contributed by atoms with Crippen LogP contribution in [0.5, 0.6) is 5.75 Å². The van der Waals surface area contributed by atoms with E-state index < -0.39 is 0 Å². The summed E-state index contributed by atoms with van der Waals surface area (Å²) < 4.78 is 20.6. The molecule has 4 aromatic rings. The fraction of sp³-hybridized carbons (Fsp3) is 0.143. The lowest BCUT2D eigenvalue weighted by molar-refractivity contribution is 0.102. The molecule has 0 unspecified atom stereocenters. The second kappa shape index (κ2) is 8.42. The number of halogens is 1. The molecule has 9 heteroatoms. The van der Waals surface area contributed by atoms with Crippen LogP contribution in [-0.4, -0.2) is 32.8 Å². The minimum absolute atomic E-state index is 0.318. The number of hydrogen-bond acceptors (Lipinski definition) is 6. The van der Waals surface area contributed by atoms with E-state index in [0.717, 1.165) is 5.69 Å². The molecule has 1 aromatic carbocycles. The lowest BCUT2D eigenvalue weighted by Crippen LogP contribution is -2.14. The Morgan fingerprint density at radius 2 is 2.17 bits per heavy atom. The van der Waals surface area contributed by atoms with Gasteiger partial charge < -0.3 is 4.74 Å². The van der Waals surface area contributed by atoms with Gasteiger partial charge in [0.15, 0.2) is 10.9 Å². The number of carbonyl (C=O) groups excluding carboxylic acids is 1. The van der Waals surface area contributed by atoms with Crippen molar-refractivity contribution in [1.29, 1.82) is 0 Å².